The van der Waals surface area contributed by atoms with Crippen molar-refractivity contribution >= 4 is 11.6 Å². The molecule has 0 spiro atoms. The highest BCUT2D eigenvalue weighted by molar-refractivity contribution is 5.92. The summed E-state index contributed by atoms with van der Waals surface area (Å²) in [5.41, 5.74) is 0.768. The highest BCUT2D eigenvalue weighted by Crippen LogP contribution is 2.24. The third-order valence-corrected chi connectivity index (χ3v) is 3.75. The molecule has 4 heteroatoms. The Hall–Kier alpha value is -2.33. The van der Waals surface area contributed by atoms with E-state index in [0.717, 1.165) is 37.4 Å². The summed E-state index contributed by atoms with van der Waals surface area (Å²) in [5, 5.41) is 6.24. The number of carbonyl (C=O) groups is 1. The fraction of sp³-hybridized carbons (Fsp3) is 0.278. The van der Waals surface area contributed by atoms with Crippen LogP contribution >= 0.6 is 0 Å². The second-order valence-corrected chi connectivity index (χ2v) is 5.48. The maximum Gasteiger partial charge on any atom is 0.228 e. The number of nitrogens with one attached hydrogen (secondary N) is 2. The molecule has 1 saturated heterocycles. The van der Waals surface area contributed by atoms with Crippen molar-refractivity contribution in [3.8, 4) is 11.5 Å². The summed E-state index contributed by atoms with van der Waals surface area (Å²) in [4.78, 5) is 12.2. The van der Waals surface area contributed by atoms with Gasteiger partial charge in [-0.3, -0.25) is 4.79 Å². The molecular weight excluding hydrogens is 276 g/mol. The number of benzene rings is 2. The summed E-state index contributed by atoms with van der Waals surface area (Å²) in [7, 11) is 0. The molecule has 1 fully saturated rings. The molecule has 2 aromatic rings. The number of amides is 1. The minimum atomic E-state index is 0.0486. The monoisotopic (exact) mass is 296 g/mol. The van der Waals surface area contributed by atoms with Crippen LogP contribution in [-0.4, -0.2) is 19.0 Å². The normalized spacial score (nSPS) is 17.7. The Balaban J connectivity index is 1.64. The van der Waals surface area contributed by atoms with Gasteiger partial charge < -0.3 is 15.4 Å². The maximum absolute atomic E-state index is 12.2. The molecule has 0 aromatic heterocycles. The van der Waals surface area contributed by atoms with Crippen LogP contribution in [0, 0.1) is 5.92 Å². The summed E-state index contributed by atoms with van der Waals surface area (Å²) >= 11 is 0. The number of carbonyl (C=O) groups excluding carboxylic acids is 1. The Labute approximate surface area is 130 Å². The van der Waals surface area contributed by atoms with Crippen LogP contribution in [0.15, 0.2) is 54.6 Å². The first-order valence-corrected chi connectivity index (χ1v) is 7.66. The van der Waals surface area contributed by atoms with E-state index in [1.807, 2.05) is 54.6 Å². The van der Waals surface area contributed by atoms with Crippen LogP contribution in [0.3, 0.4) is 0 Å². The number of para-hydroxylation sites is 1. The van der Waals surface area contributed by atoms with Gasteiger partial charge in [0.05, 0.1) is 5.92 Å². The number of rotatable bonds is 4. The van der Waals surface area contributed by atoms with E-state index >= 15 is 0 Å². The van der Waals surface area contributed by atoms with E-state index in [1.165, 1.54) is 0 Å². The van der Waals surface area contributed by atoms with E-state index in [-0.39, 0.29) is 11.8 Å². The van der Waals surface area contributed by atoms with Gasteiger partial charge >= 0.3 is 0 Å². The average Bonchev–Trinajstić information content (AvgIpc) is 2.57. The number of piperidine rings is 1. The molecule has 0 radical (unpaired) electrons. The van der Waals surface area contributed by atoms with Gasteiger partial charge in [0.1, 0.15) is 11.5 Å². The van der Waals surface area contributed by atoms with Gasteiger partial charge in [-0.05, 0) is 43.7 Å². The Morgan fingerprint density at radius 2 is 1.91 bits per heavy atom. The molecule has 0 saturated carbocycles. The Morgan fingerprint density at radius 1 is 1.09 bits per heavy atom. The molecule has 3 rings (SSSR count). The van der Waals surface area contributed by atoms with Crippen molar-refractivity contribution < 1.29 is 9.53 Å². The molecule has 0 bridgehead atoms. The summed E-state index contributed by atoms with van der Waals surface area (Å²) in [6.45, 7) is 1.76. The Kier molecular flexibility index (Phi) is 4.71. The molecule has 1 aliphatic heterocycles. The van der Waals surface area contributed by atoms with Crippen LogP contribution in [0.2, 0.25) is 0 Å². The summed E-state index contributed by atoms with van der Waals surface area (Å²) in [6, 6.07) is 17.1. The van der Waals surface area contributed by atoms with Crippen molar-refractivity contribution in [1.29, 1.82) is 0 Å². The van der Waals surface area contributed by atoms with E-state index in [1.54, 1.807) is 0 Å². The zero-order chi connectivity index (χ0) is 15.2. The first-order chi connectivity index (χ1) is 10.8. The summed E-state index contributed by atoms with van der Waals surface area (Å²) < 4.78 is 5.78. The van der Waals surface area contributed by atoms with Gasteiger partial charge in [-0.1, -0.05) is 24.3 Å². The van der Waals surface area contributed by atoms with Gasteiger partial charge in [-0.15, -0.1) is 0 Å². The highest BCUT2D eigenvalue weighted by atomic mass is 16.5. The topological polar surface area (TPSA) is 50.4 Å². The van der Waals surface area contributed by atoms with Crippen LogP contribution in [-0.2, 0) is 4.79 Å². The number of ether oxygens (including phenoxy) is 1. The molecular formula is C18H20N2O2. The van der Waals surface area contributed by atoms with Gasteiger partial charge in [0.15, 0.2) is 0 Å². The first-order valence-electron chi connectivity index (χ1n) is 7.66. The number of hydrogen-bond acceptors (Lipinski definition) is 3. The van der Waals surface area contributed by atoms with Crippen molar-refractivity contribution in [2.45, 2.75) is 12.8 Å². The van der Waals surface area contributed by atoms with Crippen molar-refractivity contribution in [2.24, 2.45) is 5.92 Å². The largest absolute Gasteiger partial charge is 0.457 e. The van der Waals surface area contributed by atoms with Crippen LogP contribution in [0.1, 0.15) is 12.8 Å². The van der Waals surface area contributed by atoms with E-state index in [2.05, 4.69) is 10.6 Å². The summed E-state index contributed by atoms with van der Waals surface area (Å²) in [5.74, 6) is 1.62. The van der Waals surface area contributed by atoms with Gasteiger partial charge in [-0.25, -0.2) is 0 Å². The first kappa shape index (κ1) is 14.6. The molecule has 0 unspecified atom stereocenters. The second-order valence-electron chi connectivity index (χ2n) is 5.48. The minimum absolute atomic E-state index is 0.0486. The lowest BCUT2D eigenvalue weighted by Gasteiger charge is -2.22. The summed E-state index contributed by atoms with van der Waals surface area (Å²) in [6.07, 6.45) is 1.99. The van der Waals surface area contributed by atoms with E-state index in [0.29, 0.717) is 5.75 Å². The average molecular weight is 296 g/mol. The molecule has 2 aromatic carbocycles. The van der Waals surface area contributed by atoms with Crippen LogP contribution in [0.25, 0.3) is 0 Å². The fourth-order valence-electron chi connectivity index (χ4n) is 2.58. The van der Waals surface area contributed by atoms with Gasteiger partial charge in [0.2, 0.25) is 5.91 Å². The van der Waals surface area contributed by atoms with Crippen molar-refractivity contribution in [1.82, 2.24) is 5.32 Å². The van der Waals surface area contributed by atoms with Gasteiger partial charge in [-0.2, -0.15) is 0 Å². The molecule has 1 heterocycles. The molecule has 1 aliphatic rings. The van der Waals surface area contributed by atoms with Crippen LogP contribution in [0.4, 0.5) is 5.69 Å². The lowest BCUT2D eigenvalue weighted by atomic mass is 9.99. The third-order valence-electron chi connectivity index (χ3n) is 3.75. The molecule has 2 N–H and O–H groups in total. The zero-order valence-electron chi connectivity index (χ0n) is 12.4. The predicted octanol–water partition coefficient (Wildman–Crippen LogP) is 3.42. The van der Waals surface area contributed by atoms with E-state index in [9.17, 15) is 4.79 Å². The molecule has 22 heavy (non-hydrogen) atoms. The number of hydrogen-bond donors (Lipinski definition) is 2. The Bertz CT molecular complexity index is 622. The van der Waals surface area contributed by atoms with Crippen molar-refractivity contribution in [3.63, 3.8) is 0 Å². The van der Waals surface area contributed by atoms with Crippen molar-refractivity contribution in [3.05, 3.63) is 54.6 Å². The maximum atomic E-state index is 12.2. The molecule has 4 nitrogen and oxygen atoms in total. The lowest BCUT2D eigenvalue weighted by molar-refractivity contribution is -0.120. The van der Waals surface area contributed by atoms with Crippen molar-refractivity contribution in [2.75, 3.05) is 18.4 Å². The van der Waals surface area contributed by atoms with Gasteiger partial charge in [0, 0.05) is 18.3 Å². The second kappa shape index (κ2) is 7.09. The number of anilines is 1. The van der Waals surface area contributed by atoms with Crippen LogP contribution in [0.5, 0.6) is 11.5 Å². The standard InChI is InChI=1S/C18H20N2O2/c21-18(14-6-5-11-19-13-14)20-15-7-4-10-17(12-15)22-16-8-2-1-3-9-16/h1-4,7-10,12,14,19H,5-6,11,13H2,(H,20,21)/t14-/m1/s1. The smallest absolute Gasteiger partial charge is 0.228 e. The minimum Gasteiger partial charge on any atom is -0.457 e. The molecule has 0 aliphatic carbocycles. The van der Waals surface area contributed by atoms with E-state index < -0.39 is 0 Å². The predicted molar refractivity (Wildman–Crippen MR) is 87.2 cm³/mol. The quantitative estimate of drug-likeness (QED) is 0.909. The van der Waals surface area contributed by atoms with Crippen LogP contribution < -0.4 is 15.4 Å². The Morgan fingerprint density at radius 3 is 2.68 bits per heavy atom. The van der Waals surface area contributed by atoms with Gasteiger partial charge in [0.25, 0.3) is 0 Å². The lowest BCUT2D eigenvalue weighted by Crippen LogP contribution is -2.37. The van der Waals surface area contributed by atoms with E-state index in [4.69, 9.17) is 4.74 Å². The molecule has 114 valence electrons. The zero-order valence-corrected chi connectivity index (χ0v) is 12.4. The molecule has 1 amide bonds. The SMILES string of the molecule is O=C(Nc1cccc(Oc2ccccc2)c1)[C@@H]1CCCNC1. The third kappa shape index (κ3) is 3.86. The fourth-order valence-corrected chi connectivity index (χ4v) is 2.58. The molecule has 1 atom stereocenters. The highest BCUT2D eigenvalue weighted by Gasteiger charge is 2.20.